The van der Waals surface area contributed by atoms with Gasteiger partial charge in [-0.3, -0.25) is 9.59 Å². The van der Waals surface area contributed by atoms with Crippen molar-refractivity contribution >= 4 is 11.9 Å². The molecule has 6 aliphatic rings. The third-order valence-electron chi connectivity index (χ3n) is 8.95. The van der Waals surface area contributed by atoms with E-state index >= 15 is 0 Å². The highest BCUT2D eigenvalue weighted by Gasteiger charge is 2.64. The maximum atomic E-state index is 13.3. The molecule has 6 fully saturated rings. The van der Waals surface area contributed by atoms with Gasteiger partial charge in [0.15, 0.2) is 0 Å². The fraction of sp³-hybridized carbons (Fsp3) is 0.913. The van der Waals surface area contributed by atoms with Crippen LogP contribution in [0, 0.1) is 47.3 Å². The molecule has 4 heteroatoms. The van der Waals surface area contributed by atoms with Crippen LogP contribution in [0.1, 0.15) is 72.1 Å². The third-order valence-corrected chi connectivity index (χ3v) is 8.95. The Balaban J connectivity index is 1.29. The Morgan fingerprint density at radius 1 is 1.00 bits per heavy atom. The van der Waals surface area contributed by atoms with E-state index in [1.807, 2.05) is 13.8 Å². The van der Waals surface area contributed by atoms with Crippen molar-refractivity contribution in [1.29, 1.82) is 0 Å². The Hall–Kier alpha value is -1.06. The molecule has 9 unspecified atom stereocenters. The lowest BCUT2D eigenvalue weighted by atomic mass is 9.70. The van der Waals surface area contributed by atoms with Crippen LogP contribution in [0.2, 0.25) is 0 Å². The Labute approximate surface area is 162 Å². The fourth-order valence-corrected chi connectivity index (χ4v) is 7.88. The number of carbonyl (C=O) groups excluding carboxylic acids is 2. The van der Waals surface area contributed by atoms with Crippen LogP contribution in [0.4, 0.5) is 0 Å². The molecule has 6 aliphatic carbocycles. The van der Waals surface area contributed by atoms with Gasteiger partial charge in [-0.15, -0.1) is 0 Å². The lowest BCUT2D eigenvalue weighted by Gasteiger charge is -2.44. The molecule has 0 saturated heterocycles. The van der Waals surface area contributed by atoms with E-state index in [2.05, 4.69) is 6.92 Å². The summed E-state index contributed by atoms with van der Waals surface area (Å²) in [4.78, 5) is 25.4. The zero-order valence-corrected chi connectivity index (χ0v) is 17.0. The number of ether oxygens (including phenoxy) is 2. The van der Waals surface area contributed by atoms with Gasteiger partial charge in [0.25, 0.3) is 0 Å². The smallest absolute Gasteiger partial charge is 0.309 e. The van der Waals surface area contributed by atoms with Crippen LogP contribution in [-0.2, 0) is 19.1 Å². The second-order valence-electron chi connectivity index (χ2n) is 10.6. The van der Waals surface area contributed by atoms with Gasteiger partial charge in [-0.05, 0) is 75.0 Å². The van der Waals surface area contributed by atoms with Crippen LogP contribution < -0.4 is 0 Å². The van der Waals surface area contributed by atoms with E-state index < -0.39 is 0 Å². The number of hydrogen-bond acceptors (Lipinski definition) is 4. The van der Waals surface area contributed by atoms with Crippen molar-refractivity contribution in [2.45, 2.75) is 83.8 Å². The summed E-state index contributed by atoms with van der Waals surface area (Å²) in [5.41, 5.74) is -0.194. The van der Waals surface area contributed by atoms with Crippen molar-refractivity contribution in [2.75, 3.05) is 0 Å². The zero-order valence-electron chi connectivity index (χ0n) is 17.0. The van der Waals surface area contributed by atoms with E-state index in [0.717, 1.165) is 37.5 Å². The van der Waals surface area contributed by atoms with Gasteiger partial charge in [0.2, 0.25) is 0 Å². The summed E-state index contributed by atoms with van der Waals surface area (Å²) in [6.45, 7) is 5.96. The molecule has 0 amide bonds. The third kappa shape index (κ3) is 2.61. The van der Waals surface area contributed by atoms with E-state index in [0.29, 0.717) is 17.8 Å². The van der Waals surface area contributed by atoms with E-state index in [4.69, 9.17) is 9.47 Å². The average molecular weight is 375 g/mol. The van der Waals surface area contributed by atoms with Crippen molar-refractivity contribution in [2.24, 2.45) is 47.3 Å². The molecular weight excluding hydrogens is 340 g/mol. The van der Waals surface area contributed by atoms with Crippen LogP contribution in [0.15, 0.2) is 0 Å². The Morgan fingerprint density at radius 2 is 1.78 bits per heavy atom. The minimum absolute atomic E-state index is 0.0191. The lowest BCUT2D eigenvalue weighted by molar-refractivity contribution is -0.185. The first-order valence-corrected chi connectivity index (χ1v) is 11.3. The molecule has 0 radical (unpaired) electrons. The molecule has 0 heterocycles. The number of fused-ring (bicyclic) bond motifs is 2. The number of hydrogen-bond donors (Lipinski definition) is 0. The van der Waals surface area contributed by atoms with Crippen LogP contribution in [0.5, 0.6) is 0 Å². The predicted octanol–water partition coefficient (Wildman–Crippen LogP) is 4.36. The maximum Gasteiger partial charge on any atom is 0.309 e. The first-order chi connectivity index (χ1) is 12.9. The van der Waals surface area contributed by atoms with E-state index in [-0.39, 0.29) is 41.4 Å². The normalized spacial score (nSPS) is 49.2. The van der Waals surface area contributed by atoms with Crippen molar-refractivity contribution in [1.82, 2.24) is 0 Å². The van der Waals surface area contributed by atoms with Crippen molar-refractivity contribution < 1.29 is 19.1 Å². The molecule has 6 saturated carbocycles. The monoisotopic (exact) mass is 374 g/mol. The van der Waals surface area contributed by atoms with Gasteiger partial charge >= 0.3 is 11.9 Å². The highest BCUT2D eigenvalue weighted by molar-refractivity contribution is 5.75. The molecule has 0 spiro atoms. The second-order valence-corrected chi connectivity index (χ2v) is 10.6. The highest BCUT2D eigenvalue weighted by Crippen LogP contribution is 2.65. The SMILES string of the molecule is CCC1(OC(=O)C2CC3CC(OC(=O)C(C)C)C2C3)C2CC3CC(C2)C1C3. The van der Waals surface area contributed by atoms with Gasteiger partial charge < -0.3 is 9.47 Å². The molecular formula is C23H34O4. The summed E-state index contributed by atoms with van der Waals surface area (Å²) < 4.78 is 12.2. The molecule has 0 aromatic heterocycles. The van der Waals surface area contributed by atoms with Gasteiger partial charge in [0.05, 0.1) is 11.8 Å². The van der Waals surface area contributed by atoms with Crippen molar-refractivity contribution in [3.05, 3.63) is 0 Å². The largest absolute Gasteiger partial charge is 0.462 e. The van der Waals surface area contributed by atoms with E-state index in [1.165, 1.54) is 25.7 Å². The highest BCUT2D eigenvalue weighted by atomic mass is 16.6. The van der Waals surface area contributed by atoms with Crippen molar-refractivity contribution in [3.8, 4) is 0 Å². The first-order valence-electron chi connectivity index (χ1n) is 11.3. The number of esters is 2. The maximum absolute atomic E-state index is 13.3. The van der Waals surface area contributed by atoms with Gasteiger partial charge in [-0.2, -0.15) is 0 Å². The Morgan fingerprint density at radius 3 is 2.44 bits per heavy atom. The summed E-state index contributed by atoms with van der Waals surface area (Å²) in [7, 11) is 0. The van der Waals surface area contributed by atoms with Gasteiger partial charge in [0.1, 0.15) is 11.7 Å². The average Bonchev–Trinajstić information content (AvgIpc) is 3.35. The molecule has 0 N–H and O–H groups in total. The topological polar surface area (TPSA) is 52.6 Å². The summed E-state index contributed by atoms with van der Waals surface area (Å²) in [6, 6.07) is 0. The fourth-order valence-electron chi connectivity index (χ4n) is 7.88. The van der Waals surface area contributed by atoms with Crippen LogP contribution >= 0.6 is 0 Å². The summed E-state index contributed by atoms with van der Waals surface area (Å²) in [5.74, 6) is 3.28. The molecule has 150 valence electrons. The molecule has 0 aromatic carbocycles. The molecule has 27 heavy (non-hydrogen) atoms. The minimum Gasteiger partial charge on any atom is -0.462 e. The summed E-state index contributed by atoms with van der Waals surface area (Å²) in [6.07, 6.45) is 8.94. The van der Waals surface area contributed by atoms with E-state index in [1.54, 1.807) is 0 Å². The van der Waals surface area contributed by atoms with Gasteiger partial charge in [-0.1, -0.05) is 20.8 Å². The number of rotatable bonds is 5. The van der Waals surface area contributed by atoms with Crippen molar-refractivity contribution in [3.63, 3.8) is 0 Å². The minimum atomic E-state index is -0.194. The quantitative estimate of drug-likeness (QED) is 0.671. The molecule has 6 bridgehead atoms. The molecule has 4 nitrogen and oxygen atoms in total. The second kappa shape index (κ2) is 6.22. The summed E-state index contributed by atoms with van der Waals surface area (Å²) in [5, 5.41) is 0. The van der Waals surface area contributed by atoms with Crippen LogP contribution in [-0.4, -0.2) is 23.6 Å². The number of carbonyl (C=O) groups is 2. The first kappa shape index (κ1) is 18.0. The van der Waals surface area contributed by atoms with E-state index in [9.17, 15) is 9.59 Å². The van der Waals surface area contributed by atoms with Gasteiger partial charge in [-0.25, -0.2) is 0 Å². The molecule has 9 atom stereocenters. The summed E-state index contributed by atoms with van der Waals surface area (Å²) >= 11 is 0. The Kier molecular flexibility index (Phi) is 4.15. The van der Waals surface area contributed by atoms with Crippen LogP contribution in [0.3, 0.4) is 0 Å². The lowest BCUT2D eigenvalue weighted by Crippen LogP contribution is -2.49. The standard InChI is InChI=1S/C23H34O4/c1-4-23(16-6-13-5-15(11-16)19(23)9-13)27-22(25)18-8-14-7-17(18)20(10-14)26-21(24)12(2)3/h12-20H,4-11H2,1-3H3. The van der Waals surface area contributed by atoms with Gasteiger partial charge in [0, 0.05) is 11.8 Å². The molecule has 6 rings (SSSR count). The molecule has 0 aromatic rings. The van der Waals surface area contributed by atoms with Crippen LogP contribution in [0.25, 0.3) is 0 Å². The zero-order chi connectivity index (χ0) is 18.9. The predicted molar refractivity (Wildman–Crippen MR) is 101 cm³/mol. The Bertz CT molecular complexity index is 638. The molecule has 0 aliphatic heterocycles.